The van der Waals surface area contributed by atoms with Crippen LogP contribution in [0.25, 0.3) is 0 Å². The van der Waals surface area contributed by atoms with Crippen molar-refractivity contribution in [3.63, 3.8) is 0 Å². The summed E-state index contributed by atoms with van der Waals surface area (Å²) in [6.07, 6.45) is 1.08. The number of hydrogen-bond donors (Lipinski definition) is 0. The molecule has 0 spiro atoms. The molecule has 1 radical (unpaired) electrons. The zero-order chi connectivity index (χ0) is 3.58. The monoisotopic (exact) mass is 168 g/mol. The van der Waals surface area contributed by atoms with E-state index in [1.54, 1.807) is 0 Å². The van der Waals surface area contributed by atoms with Gasteiger partial charge in [0.05, 0.1) is 0 Å². The first-order valence-electron chi connectivity index (χ1n) is 0.742. The van der Waals surface area contributed by atoms with Crippen LogP contribution in [0.15, 0.2) is 0 Å². The Bertz CT molecular complexity index is 32.6. The Hall–Kier alpha value is 1.21. The first-order valence-corrected chi connectivity index (χ1v) is 2.22. The van der Waals surface area contributed by atoms with E-state index in [9.17, 15) is 0 Å². The first-order chi connectivity index (χ1) is 1.73. The topological polar surface area (TPSA) is 40.1 Å². The number of rotatable bonds is 0. The van der Waals surface area contributed by atoms with Crippen molar-refractivity contribution in [1.82, 2.24) is 0 Å². The fourth-order valence-corrected chi connectivity index (χ4v) is 0. The van der Waals surface area contributed by atoms with Crippen LogP contribution in [0, 0.1) is 0 Å². The van der Waals surface area contributed by atoms with Gasteiger partial charge in [-0.05, 0) is 6.26 Å². The van der Waals surface area contributed by atoms with Gasteiger partial charge in [-0.15, -0.1) is 0 Å². The average Bonchev–Trinajstić information content (AvgIpc) is 0.811. The summed E-state index contributed by atoms with van der Waals surface area (Å²) in [5.74, 6) is 0. The van der Waals surface area contributed by atoms with Crippen molar-refractivity contribution in [2.45, 2.75) is 0 Å². The van der Waals surface area contributed by atoms with Crippen LogP contribution in [-0.2, 0) is 43.8 Å². The molecule has 0 aromatic carbocycles. The second-order valence-corrected chi connectivity index (χ2v) is 1.20. The van der Waals surface area contributed by atoms with Crippen LogP contribution in [-0.4, -0.2) is 15.0 Å². The normalized spacial score (nSPS) is 12.4. The Morgan fingerprint density at radius 2 is 1.80 bits per heavy atom. The molecule has 0 fully saturated rings. The zero-order valence-electron chi connectivity index (χ0n) is 2.80. The summed E-state index contributed by atoms with van der Waals surface area (Å²) < 4.78 is 18.0. The molecule has 0 saturated carbocycles. The molecule has 0 aliphatic carbocycles. The van der Waals surface area contributed by atoms with Crippen molar-refractivity contribution in [2.75, 3.05) is 6.26 Å². The predicted molar refractivity (Wildman–Crippen MR) is 14.8 cm³/mol. The third kappa shape index (κ3) is 36.5. The minimum absolute atomic E-state index is 0. The van der Waals surface area contributed by atoms with Gasteiger partial charge in [0, 0.05) is 32.7 Å². The molecule has 2 nitrogen and oxygen atoms in total. The second-order valence-electron chi connectivity index (χ2n) is 0.401. The van der Waals surface area contributed by atoms with Gasteiger partial charge in [-0.25, -0.2) is 0 Å². The Labute approximate surface area is 58.5 Å². The van der Waals surface area contributed by atoms with Crippen LogP contribution in [0.5, 0.6) is 0 Å². The van der Waals surface area contributed by atoms with Gasteiger partial charge in [-0.2, -0.15) is 0 Å². The van der Waals surface area contributed by atoms with Crippen molar-refractivity contribution in [1.29, 1.82) is 0 Å². The largest absolute Gasteiger partial charge is 0.773 e. The van der Waals surface area contributed by atoms with Gasteiger partial charge < -0.3 is 4.55 Å². The molecule has 0 N–H and O–H groups in total. The van der Waals surface area contributed by atoms with E-state index in [0.717, 1.165) is 6.26 Å². The van der Waals surface area contributed by atoms with Crippen LogP contribution >= 0.6 is 0 Å². The Morgan fingerprint density at radius 3 is 1.80 bits per heavy atom. The van der Waals surface area contributed by atoms with Crippen molar-refractivity contribution >= 4 is 11.1 Å². The summed E-state index contributed by atoms with van der Waals surface area (Å²) in [7, 11) is 0. The molecule has 0 bridgehead atoms. The third-order valence-corrected chi connectivity index (χ3v) is 0. The van der Waals surface area contributed by atoms with Crippen LogP contribution in [0.3, 0.4) is 0 Å². The SMILES string of the molecule is CS(=O)[O-].[Y]. The van der Waals surface area contributed by atoms with E-state index in [1.165, 1.54) is 0 Å². The fraction of sp³-hybridized carbons (Fsp3) is 1.00. The molecule has 0 aliphatic rings. The van der Waals surface area contributed by atoms with Gasteiger partial charge in [0.15, 0.2) is 0 Å². The van der Waals surface area contributed by atoms with Gasteiger partial charge in [0.2, 0.25) is 0 Å². The van der Waals surface area contributed by atoms with Gasteiger partial charge >= 0.3 is 0 Å². The summed E-state index contributed by atoms with van der Waals surface area (Å²) in [6, 6.07) is 0. The van der Waals surface area contributed by atoms with Crippen LogP contribution < -0.4 is 0 Å². The van der Waals surface area contributed by atoms with E-state index in [1.807, 2.05) is 0 Å². The standard InChI is InChI=1S/CH4O2S.Y/c1-4(2)3;/h1H3,(H,2,3);/p-1. The van der Waals surface area contributed by atoms with E-state index in [4.69, 9.17) is 8.76 Å². The Morgan fingerprint density at radius 1 is 1.80 bits per heavy atom. The molecule has 0 aromatic heterocycles. The molecule has 1 unspecified atom stereocenters. The summed E-state index contributed by atoms with van der Waals surface area (Å²) in [6.45, 7) is 0. The maximum atomic E-state index is 9.00. The molecule has 4 heteroatoms. The van der Waals surface area contributed by atoms with Crippen LogP contribution in [0.4, 0.5) is 0 Å². The van der Waals surface area contributed by atoms with Crippen molar-refractivity contribution in [3.8, 4) is 0 Å². The summed E-state index contributed by atoms with van der Waals surface area (Å²) in [4.78, 5) is 0. The van der Waals surface area contributed by atoms with E-state index in [-0.39, 0.29) is 32.7 Å². The molecule has 0 amide bonds. The van der Waals surface area contributed by atoms with Crippen molar-refractivity contribution in [3.05, 3.63) is 0 Å². The first kappa shape index (κ1) is 9.51. The molecule has 29 valence electrons. The minimum Gasteiger partial charge on any atom is -0.773 e. The van der Waals surface area contributed by atoms with Gasteiger partial charge in [-0.1, -0.05) is 11.1 Å². The minimum atomic E-state index is -1.86. The predicted octanol–water partition coefficient (Wildman–Crippen LogP) is -0.507. The van der Waals surface area contributed by atoms with E-state index < -0.39 is 11.1 Å². The van der Waals surface area contributed by atoms with Gasteiger partial charge in [-0.3, -0.25) is 4.21 Å². The van der Waals surface area contributed by atoms with E-state index >= 15 is 0 Å². The Balaban J connectivity index is 0. The quantitative estimate of drug-likeness (QED) is 0.457. The van der Waals surface area contributed by atoms with Crippen LogP contribution in [0.1, 0.15) is 0 Å². The van der Waals surface area contributed by atoms with E-state index in [0.29, 0.717) is 0 Å². The molecule has 0 saturated heterocycles. The maximum absolute atomic E-state index is 9.00. The van der Waals surface area contributed by atoms with E-state index in [2.05, 4.69) is 0 Å². The summed E-state index contributed by atoms with van der Waals surface area (Å²) in [5.41, 5.74) is 0. The third-order valence-electron chi connectivity index (χ3n) is 0. The zero-order valence-corrected chi connectivity index (χ0v) is 6.46. The van der Waals surface area contributed by atoms with Crippen LogP contribution in [0.2, 0.25) is 0 Å². The molecular formula is CH3O2SY-. The molecule has 0 aromatic rings. The molecule has 0 rings (SSSR count). The molecule has 0 aliphatic heterocycles. The summed E-state index contributed by atoms with van der Waals surface area (Å²) in [5, 5.41) is 0. The molecule has 5 heavy (non-hydrogen) atoms. The van der Waals surface area contributed by atoms with Crippen molar-refractivity contribution in [2.24, 2.45) is 0 Å². The number of hydrogen-bond acceptors (Lipinski definition) is 2. The maximum Gasteiger partial charge on any atom is 0 e. The summed E-state index contributed by atoms with van der Waals surface area (Å²) >= 11 is -1.86. The van der Waals surface area contributed by atoms with Gasteiger partial charge in [0.25, 0.3) is 0 Å². The second kappa shape index (κ2) is 5.21. The average molecular weight is 168 g/mol. The molecule has 0 heterocycles. The fourth-order valence-electron chi connectivity index (χ4n) is 0. The molecular weight excluding hydrogens is 165 g/mol. The molecule has 1 atom stereocenters. The van der Waals surface area contributed by atoms with Gasteiger partial charge in [0.1, 0.15) is 0 Å². The smallest absolute Gasteiger partial charge is 0 e. The van der Waals surface area contributed by atoms with Crippen molar-refractivity contribution < 1.29 is 41.5 Å². The Kier molecular flexibility index (Phi) is 9.92.